The van der Waals surface area contributed by atoms with Gasteiger partial charge in [-0.3, -0.25) is 9.59 Å². The van der Waals surface area contributed by atoms with Gasteiger partial charge in [-0.25, -0.2) is 9.18 Å². The van der Waals surface area contributed by atoms with Crippen LogP contribution in [0.15, 0.2) is 36.0 Å². The molecule has 1 aromatic carbocycles. The Balaban J connectivity index is 1.46. The number of hydrogen-bond acceptors (Lipinski definition) is 6. The number of ether oxygens (including phenoxy) is 1. The Morgan fingerprint density at radius 2 is 2.11 bits per heavy atom. The molecule has 3 heterocycles. The van der Waals surface area contributed by atoms with Crippen LogP contribution >= 0.6 is 0 Å². The third-order valence-corrected chi connectivity index (χ3v) is 6.30. The van der Waals surface area contributed by atoms with Crippen LogP contribution in [0.4, 0.5) is 9.18 Å². The average Bonchev–Trinajstić information content (AvgIpc) is 3.48. The van der Waals surface area contributed by atoms with Gasteiger partial charge >= 0.3 is 6.09 Å². The topological polar surface area (TPSA) is 106 Å². The molecule has 1 aromatic rings. The fraction of sp³-hybridized carbons (Fsp3) is 0.520. The molecular weight excluding hydrogens is 453 g/mol. The number of alkyl carbamates (subject to hydrolysis) is 1. The van der Waals surface area contributed by atoms with Crippen molar-refractivity contribution < 1.29 is 23.5 Å². The highest BCUT2D eigenvalue weighted by Crippen LogP contribution is 2.31. The van der Waals surface area contributed by atoms with Crippen LogP contribution in [-0.2, 0) is 20.9 Å². The molecule has 3 amide bonds. The minimum Gasteiger partial charge on any atom is -0.444 e. The van der Waals surface area contributed by atoms with Crippen molar-refractivity contribution in [3.8, 4) is 6.07 Å². The second kappa shape index (κ2) is 9.56. The van der Waals surface area contributed by atoms with E-state index in [2.05, 4.69) is 11.4 Å². The van der Waals surface area contributed by atoms with Gasteiger partial charge in [0.25, 0.3) is 5.91 Å². The Labute approximate surface area is 204 Å². The minimum atomic E-state index is -0.983. The SMILES string of the molecule is CC(C)(C)OC(=O)NC(CN1C[C@@H]2C=C1C(=O)N2Cc1cccc(F)c1)C(=O)N1CCCC1C#N. The molecule has 3 atom stereocenters. The number of nitriles is 1. The van der Waals surface area contributed by atoms with Crippen molar-refractivity contribution in [3.63, 3.8) is 0 Å². The van der Waals surface area contributed by atoms with Crippen molar-refractivity contribution in [1.29, 1.82) is 5.26 Å². The number of fused-ring (bicyclic) bond motifs is 1. The molecule has 1 N–H and O–H groups in total. The summed E-state index contributed by atoms with van der Waals surface area (Å²) in [6.07, 6.45) is 2.41. The van der Waals surface area contributed by atoms with Crippen LogP contribution in [0.1, 0.15) is 39.2 Å². The van der Waals surface area contributed by atoms with Gasteiger partial charge in [0.1, 0.15) is 29.2 Å². The maximum absolute atomic E-state index is 13.6. The summed E-state index contributed by atoms with van der Waals surface area (Å²) in [5.41, 5.74) is 0.402. The smallest absolute Gasteiger partial charge is 0.408 e. The highest BCUT2D eigenvalue weighted by molar-refractivity contribution is 5.97. The van der Waals surface area contributed by atoms with Gasteiger partial charge < -0.3 is 24.8 Å². The summed E-state index contributed by atoms with van der Waals surface area (Å²) in [6, 6.07) is 6.56. The normalized spacial score (nSPS) is 22.2. The van der Waals surface area contributed by atoms with Gasteiger partial charge in [-0.15, -0.1) is 0 Å². The molecule has 2 unspecified atom stereocenters. The summed E-state index contributed by atoms with van der Waals surface area (Å²) in [5.74, 6) is -0.929. The number of hydrogen-bond donors (Lipinski definition) is 1. The zero-order valence-corrected chi connectivity index (χ0v) is 20.2. The largest absolute Gasteiger partial charge is 0.444 e. The van der Waals surface area contributed by atoms with Crippen LogP contribution < -0.4 is 5.32 Å². The summed E-state index contributed by atoms with van der Waals surface area (Å²) < 4.78 is 18.9. The Kier molecular flexibility index (Phi) is 6.70. The van der Waals surface area contributed by atoms with E-state index in [9.17, 15) is 24.0 Å². The first-order valence-electron chi connectivity index (χ1n) is 11.8. The van der Waals surface area contributed by atoms with E-state index in [0.717, 1.165) is 0 Å². The molecule has 0 spiro atoms. The van der Waals surface area contributed by atoms with Crippen molar-refractivity contribution in [3.05, 3.63) is 47.4 Å². The number of likely N-dealkylation sites (tertiary alicyclic amines) is 1. The Morgan fingerprint density at radius 3 is 2.77 bits per heavy atom. The van der Waals surface area contributed by atoms with Crippen molar-refractivity contribution in [2.45, 2.75) is 63.9 Å². The fourth-order valence-electron chi connectivity index (χ4n) is 4.77. The van der Waals surface area contributed by atoms with Gasteiger partial charge in [0.15, 0.2) is 0 Å². The number of carbonyl (C=O) groups excluding carboxylic acids is 3. The lowest BCUT2D eigenvalue weighted by molar-refractivity contribution is -0.136. The number of halogens is 1. The number of rotatable bonds is 6. The molecule has 2 bridgehead atoms. The Bertz CT molecular complexity index is 1090. The van der Waals surface area contributed by atoms with Crippen LogP contribution in [-0.4, -0.2) is 76.0 Å². The highest BCUT2D eigenvalue weighted by Gasteiger charge is 2.44. The third-order valence-electron chi connectivity index (χ3n) is 6.30. The number of benzene rings is 1. The minimum absolute atomic E-state index is 0.0780. The van der Waals surface area contributed by atoms with Crippen molar-refractivity contribution in [2.24, 2.45) is 0 Å². The number of nitrogens with one attached hydrogen (secondary N) is 1. The lowest BCUT2D eigenvalue weighted by Gasteiger charge is -2.37. The summed E-state index contributed by atoms with van der Waals surface area (Å²) >= 11 is 0. The molecule has 4 rings (SSSR count). The van der Waals surface area contributed by atoms with E-state index < -0.39 is 23.8 Å². The maximum atomic E-state index is 13.6. The monoisotopic (exact) mass is 483 g/mol. The highest BCUT2D eigenvalue weighted by atomic mass is 19.1. The lowest BCUT2D eigenvalue weighted by Crippen LogP contribution is -2.57. The van der Waals surface area contributed by atoms with Gasteiger partial charge in [-0.2, -0.15) is 5.26 Å². The van der Waals surface area contributed by atoms with Crippen molar-refractivity contribution >= 4 is 17.9 Å². The second-order valence-corrected chi connectivity index (χ2v) is 10.1. The number of amides is 3. The molecule has 3 aliphatic heterocycles. The molecule has 0 aromatic heterocycles. The Morgan fingerprint density at radius 1 is 1.34 bits per heavy atom. The van der Waals surface area contributed by atoms with E-state index in [0.29, 0.717) is 37.2 Å². The molecule has 10 heteroatoms. The van der Waals surface area contributed by atoms with Gasteiger partial charge in [0, 0.05) is 26.2 Å². The first-order chi connectivity index (χ1) is 16.6. The van der Waals surface area contributed by atoms with E-state index in [1.165, 1.54) is 17.0 Å². The predicted molar refractivity (Wildman–Crippen MR) is 124 cm³/mol. The van der Waals surface area contributed by atoms with Crippen LogP contribution in [0.3, 0.4) is 0 Å². The molecule has 9 nitrogen and oxygen atoms in total. The van der Waals surface area contributed by atoms with E-state index in [-0.39, 0.29) is 36.8 Å². The first kappa shape index (κ1) is 24.5. The molecule has 0 radical (unpaired) electrons. The summed E-state index contributed by atoms with van der Waals surface area (Å²) in [4.78, 5) is 43.9. The molecular formula is C25H30FN5O4. The van der Waals surface area contributed by atoms with E-state index >= 15 is 0 Å². The molecule has 186 valence electrons. The van der Waals surface area contributed by atoms with Gasteiger partial charge in [0.2, 0.25) is 5.91 Å². The first-order valence-corrected chi connectivity index (χ1v) is 11.8. The maximum Gasteiger partial charge on any atom is 0.408 e. The number of nitrogens with zero attached hydrogens (tertiary/aromatic N) is 4. The Hall–Kier alpha value is -3.61. The lowest BCUT2D eigenvalue weighted by atomic mass is 10.1. The number of piperazine rings is 1. The van der Waals surface area contributed by atoms with E-state index in [1.807, 2.05) is 6.08 Å². The molecule has 1 saturated heterocycles. The summed E-state index contributed by atoms with van der Waals surface area (Å²) in [6.45, 7) is 6.44. The van der Waals surface area contributed by atoms with Crippen molar-refractivity contribution in [1.82, 2.24) is 20.0 Å². The van der Waals surface area contributed by atoms with Gasteiger partial charge in [-0.1, -0.05) is 12.1 Å². The molecule has 0 aliphatic carbocycles. The summed E-state index contributed by atoms with van der Waals surface area (Å²) in [5, 5.41) is 12.1. The summed E-state index contributed by atoms with van der Waals surface area (Å²) in [7, 11) is 0. The molecule has 1 fully saturated rings. The van der Waals surface area contributed by atoms with Crippen LogP contribution in [0.25, 0.3) is 0 Å². The molecule has 0 saturated carbocycles. The van der Waals surface area contributed by atoms with Crippen molar-refractivity contribution in [2.75, 3.05) is 19.6 Å². The standard InChI is InChI=1S/C25H30FN5O4/c1-25(2,3)35-24(34)28-20(22(32)30-9-5-8-18(30)12-27)15-29-14-19-11-21(29)23(33)31(19)13-16-6-4-7-17(26)10-16/h4,6-7,10-11,18-20H,5,8-9,13-15H2,1-3H3,(H,28,34)/t18?,19-,20?/m0/s1. The van der Waals surface area contributed by atoms with Gasteiger partial charge in [0.05, 0.1) is 12.1 Å². The quantitative estimate of drug-likeness (QED) is 0.665. The zero-order valence-electron chi connectivity index (χ0n) is 20.2. The fourth-order valence-corrected chi connectivity index (χ4v) is 4.77. The van der Waals surface area contributed by atoms with Crippen LogP contribution in [0.5, 0.6) is 0 Å². The van der Waals surface area contributed by atoms with E-state index in [4.69, 9.17) is 4.74 Å². The van der Waals surface area contributed by atoms with E-state index in [1.54, 1.807) is 42.7 Å². The second-order valence-electron chi connectivity index (χ2n) is 10.1. The zero-order chi connectivity index (χ0) is 25.3. The predicted octanol–water partition coefficient (Wildman–Crippen LogP) is 2.14. The average molecular weight is 484 g/mol. The van der Waals surface area contributed by atoms with Crippen LogP contribution in [0.2, 0.25) is 0 Å². The third kappa shape index (κ3) is 5.39. The molecule has 35 heavy (non-hydrogen) atoms. The number of carbonyl (C=O) groups is 3. The van der Waals surface area contributed by atoms with Crippen LogP contribution in [0, 0.1) is 17.1 Å². The van der Waals surface area contributed by atoms with Gasteiger partial charge in [-0.05, 0) is 57.4 Å². The molecule has 3 aliphatic rings.